The third kappa shape index (κ3) is 2.09. The molecule has 0 bridgehead atoms. The predicted octanol–water partition coefficient (Wildman–Crippen LogP) is 1.67. The maximum Gasteiger partial charge on any atom is 0.229 e. The smallest absolute Gasteiger partial charge is 0.229 e. The average Bonchev–Trinajstić information content (AvgIpc) is 2.93. The third-order valence-electron chi connectivity index (χ3n) is 2.89. The number of para-hydroxylation sites is 1. The lowest BCUT2D eigenvalue weighted by atomic mass is 10.1. The molecule has 0 spiro atoms. The molecule has 0 radical (unpaired) electrons. The van der Waals surface area contributed by atoms with E-state index in [-0.39, 0.29) is 6.10 Å². The average molecular weight is 246 g/mol. The van der Waals surface area contributed by atoms with Crippen molar-refractivity contribution in [1.82, 2.24) is 10.1 Å². The van der Waals surface area contributed by atoms with Gasteiger partial charge in [0.1, 0.15) is 5.75 Å². The topological polar surface area (TPSA) is 68.4 Å². The monoisotopic (exact) mass is 246 g/mol. The van der Waals surface area contributed by atoms with Crippen LogP contribution in [0.25, 0.3) is 0 Å². The highest BCUT2D eigenvalue weighted by molar-refractivity contribution is 5.37. The van der Waals surface area contributed by atoms with Gasteiger partial charge < -0.3 is 14.4 Å². The van der Waals surface area contributed by atoms with Crippen molar-refractivity contribution in [3.8, 4) is 5.75 Å². The van der Waals surface area contributed by atoms with Crippen molar-refractivity contribution < 1.29 is 14.4 Å². The number of benzene rings is 1. The van der Waals surface area contributed by atoms with E-state index >= 15 is 0 Å². The Labute approximate surface area is 104 Å². The zero-order valence-corrected chi connectivity index (χ0v) is 10.0. The van der Waals surface area contributed by atoms with E-state index in [4.69, 9.17) is 9.26 Å². The quantitative estimate of drug-likeness (QED) is 0.892. The lowest BCUT2D eigenvalue weighted by Gasteiger charge is -2.04. The highest BCUT2D eigenvalue weighted by Gasteiger charge is 2.28. The highest BCUT2D eigenvalue weighted by Crippen LogP contribution is 2.35. The summed E-state index contributed by atoms with van der Waals surface area (Å²) in [5, 5.41) is 13.2. The Morgan fingerprint density at radius 2 is 2.28 bits per heavy atom. The largest absolute Gasteiger partial charge is 0.482 e. The molecule has 0 aliphatic carbocycles. The van der Waals surface area contributed by atoms with Crippen LogP contribution in [0.1, 0.15) is 30.3 Å². The number of hydrogen-bond donors (Lipinski definition) is 1. The van der Waals surface area contributed by atoms with Crippen LogP contribution < -0.4 is 4.74 Å². The Hall–Kier alpha value is -1.88. The molecule has 0 fully saturated rings. The second kappa shape index (κ2) is 4.42. The Morgan fingerprint density at radius 3 is 3.06 bits per heavy atom. The molecule has 2 atom stereocenters. The molecule has 1 N–H and O–H groups in total. The normalized spacial score (nSPS) is 19.3. The van der Waals surface area contributed by atoms with Gasteiger partial charge in [0.05, 0.1) is 12.5 Å². The molecule has 2 heterocycles. The van der Waals surface area contributed by atoms with Gasteiger partial charge in [-0.05, 0) is 18.6 Å². The molecule has 1 aliphatic rings. The van der Waals surface area contributed by atoms with E-state index in [9.17, 15) is 5.11 Å². The van der Waals surface area contributed by atoms with Gasteiger partial charge in [-0.2, -0.15) is 4.98 Å². The van der Waals surface area contributed by atoms with Crippen molar-refractivity contribution in [2.75, 3.05) is 0 Å². The lowest BCUT2D eigenvalue weighted by Crippen LogP contribution is -2.07. The summed E-state index contributed by atoms with van der Waals surface area (Å²) in [6, 6.07) is 7.90. The van der Waals surface area contributed by atoms with Gasteiger partial charge in [0.15, 0.2) is 6.10 Å². The molecule has 3 rings (SSSR count). The highest BCUT2D eigenvalue weighted by atomic mass is 16.5. The fraction of sp³-hybridized carbons (Fsp3) is 0.385. The number of nitrogens with zero attached hydrogens (tertiary/aromatic N) is 2. The van der Waals surface area contributed by atoms with E-state index in [1.54, 1.807) is 6.92 Å². The van der Waals surface area contributed by atoms with Gasteiger partial charge in [0.25, 0.3) is 0 Å². The molecule has 0 saturated heterocycles. The summed E-state index contributed by atoms with van der Waals surface area (Å²) in [6.45, 7) is 1.69. The number of rotatable bonds is 3. The van der Waals surface area contributed by atoms with Crippen LogP contribution >= 0.6 is 0 Å². The summed E-state index contributed by atoms with van der Waals surface area (Å²) in [5.41, 5.74) is 1.16. The van der Waals surface area contributed by atoms with Gasteiger partial charge in [-0.3, -0.25) is 0 Å². The van der Waals surface area contributed by atoms with Gasteiger partial charge in [-0.25, -0.2) is 0 Å². The van der Waals surface area contributed by atoms with Crippen LogP contribution in [0.2, 0.25) is 0 Å². The van der Waals surface area contributed by atoms with Crippen LogP contribution in [0.15, 0.2) is 28.8 Å². The van der Waals surface area contributed by atoms with Crippen LogP contribution in [0.5, 0.6) is 5.75 Å². The molecule has 1 aromatic carbocycles. The van der Waals surface area contributed by atoms with E-state index in [1.165, 1.54) is 0 Å². The molecule has 5 nitrogen and oxygen atoms in total. The molecule has 18 heavy (non-hydrogen) atoms. The summed E-state index contributed by atoms with van der Waals surface area (Å²) in [4.78, 5) is 4.25. The molecule has 1 aromatic heterocycles. The summed E-state index contributed by atoms with van der Waals surface area (Å²) in [6.07, 6.45) is 0.449. The van der Waals surface area contributed by atoms with Crippen LogP contribution in [0.4, 0.5) is 0 Å². The van der Waals surface area contributed by atoms with Crippen molar-refractivity contribution in [3.63, 3.8) is 0 Å². The van der Waals surface area contributed by atoms with E-state index in [0.717, 1.165) is 17.7 Å². The van der Waals surface area contributed by atoms with Crippen LogP contribution in [0, 0.1) is 0 Å². The van der Waals surface area contributed by atoms with E-state index in [1.807, 2.05) is 24.3 Å². The van der Waals surface area contributed by atoms with Crippen LogP contribution in [0.3, 0.4) is 0 Å². The van der Waals surface area contributed by atoms with E-state index < -0.39 is 6.10 Å². The second-order valence-corrected chi connectivity index (χ2v) is 4.52. The van der Waals surface area contributed by atoms with Crippen molar-refractivity contribution >= 4 is 0 Å². The molecule has 5 heteroatoms. The van der Waals surface area contributed by atoms with Gasteiger partial charge in [-0.15, -0.1) is 0 Å². The number of fused-ring (bicyclic) bond motifs is 1. The van der Waals surface area contributed by atoms with Crippen molar-refractivity contribution in [2.24, 2.45) is 0 Å². The fourth-order valence-electron chi connectivity index (χ4n) is 2.06. The predicted molar refractivity (Wildman–Crippen MR) is 63.2 cm³/mol. The first kappa shape index (κ1) is 11.2. The van der Waals surface area contributed by atoms with Crippen molar-refractivity contribution in [1.29, 1.82) is 0 Å². The molecular weight excluding hydrogens is 232 g/mol. The SMILES string of the molecule is CC(O)Cc1nc(C2Cc3ccccc3O2)no1. The second-order valence-electron chi connectivity index (χ2n) is 4.52. The molecule has 0 amide bonds. The third-order valence-corrected chi connectivity index (χ3v) is 2.89. The summed E-state index contributed by atoms with van der Waals surface area (Å²) in [7, 11) is 0. The maximum absolute atomic E-state index is 9.26. The molecule has 0 saturated carbocycles. The zero-order chi connectivity index (χ0) is 12.5. The van der Waals surface area contributed by atoms with Crippen LogP contribution in [-0.2, 0) is 12.8 Å². The Balaban J connectivity index is 1.76. The van der Waals surface area contributed by atoms with Crippen LogP contribution in [-0.4, -0.2) is 21.4 Å². The van der Waals surface area contributed by atoms with Crippen molar-refractivity contribution in [2.45, 2.75) is 32.0 Å². The van der Waals surface area contributed by atoms with Gasteiger partial charge >= 0.3 is 0 Å². The van der Waals surface area contributed by atoms with Gasteiger partial charge in [-0.1, -0.05) is 23.4 Å². The molecule has 1 aliphatic heterocycles. The summed E-state index contributed by atoms with van der Waals surface area (Å²) < 4.78 is 10.8. The maximum atomic E-state index is 9.26. The first-order chi connectivity index (χ1) is 8.72. The van der Waals surface area contributed by atoms with E-state index in [0.29, 0.717) is 18.1 Å². The fourth-order valence-corrected chi connectivity index (χ4v) is 2.06. The lowest BCUT2D eigenvalue weighted by molar-refractivity contribution is 0.180. The first-order valence-corrected chi connectivity index (χ1v) is 5.97. The molecule has 94 valence electrons. The minimum atomic E-state index is -0.486. The zero-order valence-electron chi connectivity index (χ0n) is 10.0. The Morgan fingerprint density at radius 1 is 1.44 bits per heavy atom. The first-order valence-electron chi connectivity index (χ1n) is 5.97. The Kier molecular flexibility index (Phi) is 2.76. The van der Waals surface area contributed by atoms with Gasteiger partial charge in [0, 0.05) is 6.42 Å². The number of aliphatic hydroxyl groups excluding tert-OH is 1. The standard InChI is InChI=1S/C13H14N2O3/c1-8(16)6-12-14-13(15-18-12)11-7-9-4-2-3-5-10(9)17-11/h2-5,8,11,16H,6-7H2,1H3. The Bertz CT molecular complexity index is 526. The minimum Gasteiger partial charge on any atom is -0.482 e. The number of aromatic nitrogens is 2. The number of aliphatic hydroxyl groups is 1. The van der Waals surface area contributed by atoms with Crippen molar-refractivity contribution in [3.05, 3.63) is 41.5 Å². The molecule has 2 aromatic rings. The van der Waals surface area contributed by atoms with E-state index in [2.05, 4.69) is 10.1 Å². The number of ether oxygens (including phenoxy) is 1. The summed E-state index contributed by atoms with van der Waals surface area (Å²) >= 11 is 0. The number of hydrogen-bond acceptors (Lipinski definition) is 5. The molecule has 2 unspecified atom stereocenters. The minimum absolute atomic E-state index is 0.186. The molecular formula is C13H14N2O3. The van der Waals surface area contributed by atoms with Gasteiger partial charge in [0.2, 0.25) is 11.7 Å². The summed E-state index contributed by atoms with van der Waals surface area (Å²) in [5.74, 6) is 1.87.